The van der Waals surface area contributed by atoms with Gasteiger partial charge in [0.1, 0.15) is 11.6 Å². The van der Waals surface area contributed by atoms with Crippen LogP contribution in [0.5, 0.6) is 5.75 Å². The third kappa shape index (κ3) is 6.47. The summed E-state index contributed by atoms with van der Waals surface area (Å²) < 4.78 is 14.0. The van der Waals surface area contributed by atoms with Crippen LogP contribution in [0.1, 0.15) is 66.5 Å². The Morgan fingerprint density at radius 3 is 2.00 bits per heavy atom. The second-order valence-corrected chi connectivity index (χ2v) is 11.5. The van der Waals surface area contributed by atoms with Gasteiger partial charge in [-0.2, -0.15) is 0 Å². The van der Waals surface area contributed by atoms with E-state index in [2.05, 4.69) is 62.4 Å². The Kier molecular flexibility index (Phi) is 9.14. The maximum atomic E-state index is 14.0. The van der Waals surface area contributed by atoms with E-state index in [9.17, 15) is 14.6 Å². The normalized spacial score (nSPS) is 13.2. The van der Waals surface area contributed by atoms with Gasteiger partial charge in [-0.3, -0.25) is 0 Å². The van der Waals surface area contributed by atoms with Gasteiger partial charge in [-0.1, -0.05) is 108 Å². The van der Waals surface area contributed by atoms with Crippen LogP contribution in [0, 0.1) is 5.82 Å². The van der Waals surface area contributed by atoms with Crippen LogP contribution in [-0.2, 0) is 24.6 Å². The van der Waals surface area contributed by atoms with Crippen molar-refractivity contribution in [3.05, 3.63) is 130 Å². The van der Waals surface area contributed by atoms with Crippen LogP contribution >= 0.6 is 8.58 Å². The predicted molar refractivity (Wildman–Crippen MR) is 154 cm³/mol. The zero-order valence-electron chi connectivity index (χ0n) is 21.7. The van der Waals surface area contributed by atoms with Crippen molar-refractivity contribution < 1.29 is 14.6 Å². The Morgan fingerprint density at radius 1 is 0.757 bits per heavy atom. The summed E-state index contributed by atoms with van der Waals surface area (Å²) in [6.45, 7) is 4.14. The van der Waals surface area contributed by atoms with E-state index in [1.54, 1.807) is 6.07 Å². The van der Waals surface area contributed by atoms with E-state index >= 15 is 0 Å². The monoisotopic (exact) mass is 514 g/mol. The molecule has 0 aromatic heterocycles. The van der Waals surface area contributed by atoms with Gasteiger partial charge >= 0.3 is 0 Å². The Bertz CT molecular complexity index is 1310. The molecule has 2 unspecified atom stereocenters. The number of halogens is 1. The Labute approximate surface area is 222 Å². The lowest BCUT2D eigenvalue weighted by atomic mass is 9.85. The molecule has 4 aromatic rings. The van der Waals surface area contributed by atoms with Crippen molar-refractivity contribution in [2.75, 3.05) is 0 Å². The first-order valence-electron chi connectivity index (χ1n) is 13.1. The molecule has 0 aliphatic rings. The van der Waals surface area contributed by atoms with Gasteiger partial charge in [-0.25, -0.2) is 4.39 Å². The lowest BCUT2D eigenvalue weighted by molar-refractivity contribution is 0.282. The molecular weight excluding hydrogens is 478 g/mol. The number of benzene rings is 4. The van der Waals surface area contributed by atoms with Gasteiger partial charge in [0, 0.05) is 17.1 Å². The van der Waals surface area contributed by atoms with Crippen LogP contribution < -0.4 is 5.30 Å². The summed E-state index contributed by atoms with van der Waals surface area (Å²) in [5.74, 6) is 0.0177. The number of aliphatic hydroxyl groups is 1. The number of phenolic OH excluding ortho intramolecular Hbond substituents is 1. The molecule has 4 aromatic carbocycles. The SMILES string of the molecule is CCCC(CC)(Pc1ccc(F)cc1CO)c1cc(Cc2ccccc2)cc(Cc2ccccc2)c1O. The molecule has 0 saturated heterocycles. The van der Waals surface area contributed by atoms with Crippen molar-refractivity contribution in [1.29, 1.82) is 0 Å². The lowest BCUT2D eigenvalue weighted by Crippen LogP contribution is -2.25. The summed E-state index contributed by atoms with van der Waals surface area (Å²) >= 11 is 0. The largest absolute Gasteiger partial charge is 0.507 e. The number of hydrogen-bond acceptors (Lipinski definition) is 2. The highest BCUT2D eigenvalue weighted by Gasteiger charge is 2.34. The van der Waals surface area contributed by atoms with E-state index < -0.39 is 0 Å². The smallest absolute Gasteiger partial charge is 0.123 e. The first kappa shape index (κ1) is 27.0. The summed E-state index contributed by atoms with van der Waals surface area (Å²) in [7, 11) is 0.290. The molecule has 0 aliphatic carbocycles. The Morgan fingerprint density at radius 2 is 1.41 bits per heavy atom. The van der Waals surface area contributed by atoms with Crippen LogP contribution in [0.4, 0.5) is 4.39 Å². The number of aliphatic hydroxyl groups excluding tert-OH is 1. The van der Waals surface area contributed by atoms with Gasteiger partial charge < -0.3 is 10.2 Å². The minimum atomic E-state index is -0.340. The van der Waals surface area contributed by atoms with Crippen molar-refractivity contribution >= 4 is 13.9 Å². The first-order chi connectivity index (χ1) is 18.0. The van der Waals surface area contributed by atoms with E-state index in [0.29, 0.717) is 26.3 Å². The maximum Gasteiger partial charge on any atom is 0.123 e. The molecule has 4 rings (SSSR count). The third-order valence-electron chi connectivity index (χ3n) is 7.14. The van der Waals surface area contributed by atoms with Gasteiger partial charge in [-0.05, 0) is 64.5 Å². The molecule has 192 valence electrons. The topological polar surface area (TPSA) is 40.5 Å². The van der Waals surface area contributed by atoms with Crippen molar-refractivity contribution in [1.82, 2.24) is 0 Å². The van der Waals surface area contributed by atoms with E-state index in [0.717, 1.165) is 47.7 Å². The fourth-order valence-corrected chi connectivity index (χ4v) is 7.10. The molecule has 4 heteroatoms. The molecule has 2 atom stereocenters. The number of hydrogen-bond donors (Lipinski definition) is 2. The van der Waals surface area contributed by atoms with Gasteiger partial charge in [0.2, 0.25) is 0 Å². The van der Waals surface area contributed by atoms with Gasteiger partial charge in [-0.15, -0.1) is 0 Å². The fourth-order valence-electron chi connectivity index (χ4n) is 5.23. The number of rotatable bonds is 11. The minimum Gasteiger partial charge on any atom is -0.507 e. The number of aromatic hydroxyl groups is 1. The molecule has 2 N–H and O–H groups in total. The van der Waals surface area contributed by atoms with Crippen LogP contribution in [-0.4, -0.2) is 10.2 Å². The van der Waals surface area contributed by atoms with E-state index in [4.69, 9.17) is 0 Å². The zero-order valence-corrected chi connectivity index (χ0v) is 22.7. The van der Waals surface area contributed by atoms with Crippen molar-refractivity contribution in [2.24, 2.45) is 0 Å². The molecule has 0 spiro atoms. The van der Waals surface area contributed by atoms with Crippen LogP contribution in [0.2, 0.25) is 0 Å². The average molecular weight is 515 g/mol. The highest BCUT2D eigenvalue weighted by Crippen LogP contribution is 2.52. The van der Waals surface area contributed by atoms with Crippen molar-refractivity contribution in [3.63, 3.8) is 0 Å². The average Bonchev–Trinajstić information content (AvgIpc) is 2.92. The molecule has 37 heavy (non-hydrogen) atoms. The molecule has 0 fully saturated rings. The van der Waals surface area contributed by atoms with E-state index in [1.807, 2.05) is 24.3 Å². The second kappa shape index (κ2) is 12.5. The molecule has 0 amide bonds. The van der Waals surface area contributed by atoms with Gasteiger partial charge in [0.15, 0.2) is 0 Å². The standard InChI is InChI=1S/C33H36FO2P/c1-3-17-33(4-2,37-31-16-15-29(34)22-28(31)23-35)30-21-26(18-24-11-7-5-8-12-24)20-27(32(30)36)19-25-13-9-6-10-14-25/h5-16,20-22,35-37H,3-4,17-19,23H2,1-2H3. The van der Waals surface area contributed by atoms with Crippen LogP contribution in [0.15, 0.2) is 91.0 Å². The molecule has 0 heterocycles. The molecule has 0 saturated carbocycles. The maximum absolute atomic E-state index is 14.0. The molecule has 0 radical (unpaired) electrons. The van der Waals surface area contributed by atoms with Crippen molar-refractivity contribution in [2.45, 2.75) is 57.7 Å². The molecule has 2 nitrogen and oxygen atoms in total. The summed E-state index contributed by atoms with van der Waals surface area (Å²) in [4.78, 5) is 0. The molecule has 0 bridgehead atoms. The highest BCUT2D eigenvalue weighted by molar-refractivity contribution is 7.48. The summed E-state index contributed by atoms with van der Waals surface area (Å²) in [5, 5.41) is 22.4. The molecular formula is C33H36FO2P. The van der Waals surface area contributed by atoms with Gasteiger partial charge in [0.05, 0.1) is 6.61 Å². The minimum absolute atomic E-state index is 0.203. The van der Waals surface area contributed by atoms with Crippen LogP contribution in [0.25, 0.3) is 0 Å². The predicted octanol–water partition coefficient (Wildman–Crippen LogP) is 7.61. The third-order valence-corrected chi connectivity index (χ3v) is 9.25. The summed E-state index contributed by atoms with van der Waals surface area (Å²) in [6.07, 6.45) is 4.10. The Hall–Kier alpha value is -3.00. The van der Waals surface area contributed by atoms with Gasteiger partial charge in [0.25, 0.3) is 0 Å². The summed E-state index contributed by atoms with van der Waals surface area (Å²) in [5.41, 5.74) is 6.06. The zero-order chi connectivity index (χ0) is 26.3. The quantitative estimate of drug-likeness (QED) is 0.202. The van der Waals surface area contributed by atoms with Crippen molar-refractivity contribution in [3.8, 4) is 5.75 Å². The van der Waals surface area contributed by atoms with E-state index in [1.165, 1.54) is 23.3 Å². The van der Waals surface area contributed by atoms with Crippen LogP contribution in [0.3, 0.4) is 0 Å². The summed E-state index contributed by atoms with van der Waals surface area (Å²) in [6, 6.07) is 29.7. The molecule has 0 aliphatic heterocycles. The second-order valence-electron chi connectivity index (χ2n) is 9.75. The van der Waals surface area contributed by atoms with E-state index in [-0.39, 0.29) is 17.6 Å². The highest BCUT2D eigenvalue weighted by atomic mass is 31.1. The Balaban J connectivity index is 1.86. The number of phenols is 1. The fraction of sp³-hybridized carbons (Fsp3) is 0.273. The first-order valence-corrected chi connectivity index (χ1v) is 14.1. The lowest BCUT2D eigenvalue weighted by Gasteiger charge is -2.36.